The highest BCUT2D eigenvalue weighted by Crippen LogP contribution is 2.26. The summed E-state index contributed by atoms with van der Waals surface area (Å²) in [6.07, 6.45) is 3.42. The Morgan fingerprint density at radius 2 is 2.00 bits per heavy atom. The monoisotopic (exact) mass is 313 g/mol. The largest absolute Gasteiger partial charge is 0.378 e. The second-order valence-corrected chi connectivity index (χ2v) is 5.89. The van der Waals surface area contributed by atoms with Gasteiger partial charge in [-0.2, -0.15) is 0 Å². The van der Waals surface area contributed by atoms with Crippen LogP contribution in [-0.2, 0) is 4.74 Å². The van der Waals surface area contributed by atoms with Gasteiger partial charge >= 0.3 is 0 Å². The van der Waals surface area contributed by atoms with E-state index >= 15 is 0 Å². The molecule has 0 bridgehead atoms. The van der Waals surface area contributed by atoms with Gasteiger partial charge in [0.1, 0.15) is 22.8 Å². The van der Waals surface area contributed by atoms with Crippen molar-refractivity contribution in [3.63, 3.8) is 0 Å². The fourth-order valence-electron chi connectivity index (χ4n) is 2.47. The fraction of sp³-hybridized carbons (Fsp3) is 0.267. The van der Waals surface area contributed by atoms with E-state index in [1.807, 2.05) is 29.8 Å². The highest BCUT2D eigenvalue weighted by Gasteiger charge is 2.12. The molecule has 1 aliphatic heterocycles. The summed E-state index contributed by atoms with van der Waals surface area (Å²) in [6.45, 7) is 3.31. The third-order valence-electron chi connectivity index (χ3n) is 3.61. The number of ether oxygens (including phenoxy) is 1. The molecule has 6 nitrogen and oxygen atoms in total. The SMILES string of the molecule is c1nc(Nc2ccc(N3CCOCC3)nc2)c2ccsc2n1. The number of thiophene rings is 1. The van der Waals surface area contributed by atoms with E-state index in [2.05, 4.69) is 25.2 Å². The van der Waals surface area contributed by atoms with Crippen molar-refractivity contribution in [2.45, 2.75) is 0 Å². The lowest BCUT2D eigenvalue weighted by Crippen LogP contribution is -2.36. The second-order valence-electron chi connectivity index (χ2n) is 4.99. The number of nitrogens with one attached hydrogen (secondary N) is 1. The number of fused-ring (bicyclic) bond motifs is 1. The molecule has 0 saturated carbocycles. The van der Waals surface area contributed by atoms with Crippen molar-refractivity contribution in [1.29, 1.82) is 0 Å². The molecule has 0 spiro atoms. The van der Waals surface area contributed by atoms with Crippen LogP contribution in [0, 0.1) is 0 Å². The van der Waals surface area contributed by atoms with Crippen LogP contribution in [0.5, 0.6) is 0 Å². The van der Waals surface area contributed by atoms with Crippen LogP contribution in [0.1, 0.15) is 0 Å². The van der Waals surface area contributed by atoms with Gasteiger partial charge in [-0.1, -0.05) is 0 Å². The van der Waals surface area contributed by atoms with E-state index in [9.17, 15) is 0 Å². The van der Waals surface area contributed by atoms with Crippen molar-refractivity contribution in [2.75, 3.05) is 36.5 Å². The lowest BCUT2D eigenvalue weighted by Gasteiger charge is -2.27. The Morgan fingerprint density at radius 3 is 2.82 bits per heavy atom. The maximum absolute atomic E-state index is 5.36. The average Bonchev–Trinajstić information content (AvgIpc) is 3.06. The van der Waals surface area contributed by atoms with Crippen LogP contribution in [0.2, 0.25) is 0 Å². The number of anilines is 3. The molecule has 0 unspecified atom stereocenters. The topological polar surface area (TPSA) is 63.2 Å². The number of nitrogens with zero attached hydrogens (tertiary/aromatic N) is 4. The summed E-state index contributed by atoms with van der Waals surface area (Å²) < 4.78 is 5.36. The molecule has 3 aromatic rings. The zero-order valence-corrected chi connectivity index (χ0v) is 12.7. The molecule has 0 aliphatic carbocycles. The summed E-state index contributed by atoms with van der Waals surface area (Å²) in [4.78, 5) is 16.3. The zero-order chi connectivity index (χ0) is 14.8. The smallest absolute Gasteiger partial charge is 0.142 e. The van der Waals surface area contributed by atoms with Crippen LogP contribution in [0.3, 0.4) is 0 Å². The maximum atomic E-state index is 5.36. The summed E-state index contributed by atoms with van der Waals surface area (Å²) >= 11 is 1.61. The number of aromatic nitrogens is 3. The van der Waals surface area contributed by atoms with E-state index < -0.39 is 0 Å². The average molecular weight is 313 g/mol. The van der Waals surface area contributed by atoms with E-state index in [0.29, 0.717) is 0 Å². The molecule has 22 heavy (non-hydrogen) atoms. The third kappa shape index (κ3) is 2.60. The minimum Gasteiger partial charge on any atom is -0.378 e. The maximum Gasteiger partial charge on any atom is 0.142 e. The van der Waals surface area contributed by atoms with Gasteiger partial charge in [-0.05, 0) is 23.6 Å². The molecule has 0 radical (unpaired) electrons. The van der Waals surface area contributed by atoms with Crippen LogP contribution < -0.4 is 10.2 Å². The number of hydrogen-bond donors (Lipinski definition) is 1. The third-order valence-corrected chi connectivity index (χ3v) is 4.43. The predicted molar refractivity (Wildman–Crippen MR) is 88.0 cm³/mol. The first-order chi connectivity index (χ1) is 10.9. The van der Waals surface area contributed by atoms with Gasteiger partial charge in [0, 0.05) is 13.1 Å². The van der Waals surface area contributed by atoms with E-state index in [-0.39, 0.29) is 0 Å². The molecule has 7 heteroatoms. The normalized spacial score (nSPS) is 15.2. The molecular formula is C15H15N5OS. The van der Waals surface area contributed by atoms with Crippen molar-refractivity contribution >= 4 is 38.9 Å². The summed E-state index contributed by atoms with van der Waals surface area (Å²) in [7, 11) is 0. The van der Waals surface area contributed by atoms with Gasteiger partial charge in [-0.3, -0.25) is 0 Å². The van der Waals surface area contributed by atoms with Crippen LogP contribution in [0.25, 0.3) is 10.2 Å². The summed E-state index contributed by atoms with van der Waals surface area (Å²) in [6, 6.07) is 6.08. The first-order valence-electron chi connectivity index (χ1n) is 7.14. The fourth-order valence-corrected chi connectivity index (χ4v) is 3.20. The van der Waals surface area contributed by atoms with Crippen LogP contribution in [0.15, 0.2) is 36.1 Å². The molecule has 0 aromatic carbocycles. The number of pyridine rings is 1. The lowest BCUT2D eigenvalue weighted by molar-refractivity contribution is 0.122. The van der Waals surface area contributed by atoms with Crippen LogP contribution in [-0.4, -0.2) is 41.3 Å². The van der Waals surface area contributed by atoms with Crippen molar-refractivity contribution in [3.8, 4) is 0 Å². The minimum atomic E-state index is 0.763. The Balaban J connectivity index is 1.54. The molecule has 1 fully saturated rings. The molecule has 3 aromatic heterocycles. The molecule has 4 heterocycles. The first-order valence-corrected chi connectivity index (χ1v) is 8.02. The Bertz CT molecular complexity index is 767. The van der Waals surface area contributed by atoms with E-state index in [1.54, 1.807) is 17.7 Å². The Morgan fingerprint density at radius 1 is 1.09 bits per heavy atom. The highest BCUT2D eigenvalue weighted by atomic mass is 32.1. The van der Waals surface area contributed by atoms with Crippen LogP contribution in [0.4, 0.5) is 17.3 Å². The molecule has 4 rings (SSSR count). The zero-order valence-electron chi connectivity index (χ0n) is 11.9. The van der Waals surface area contributed by atoms with Gasteiger partial charge in [0.05, 0.1) is 30.5 Å². The van der Waals surface area contributed by atoms with Gasteiger partial charge < -0.3 is 15.0 Å². The molecule has 1 saturated heterocycles. The van der Waals surface area contributed by atoms with E-state index in [1.165, 1.54) is 0 Å². The minimum absolute atomic E-state index is 0.763. The molecule has 0 atom stereocenters. The molecule has 112 valence electrons. The number of morpholine rings is 1. The molecule has 0 amide bonds. The highest BCUT2D eigenvalue weighted by molar-refractivity contribution is 7.16. The quantitative estimate of drug-likeness (QED) is 0.802. The number of rotatable bonds is 3. The Kier molecular flexibility index (Phi) is 3.57. The van der Waals surface area contributed by atoms with Crippen LogP contribution >= 0.6 is 11.3 Å². The second kappa shape index (κ2) is 5.86. The Hall–Kier alpha value is -2.25. The van der Waals surface area contributed by atoms with E-state index in [4.69, 9.17) is 4.74 Å². The first kappa shape index (κ1) is 13.4. The van der Waals surface area contributed by atoms with Gasteiger partial charge in [-0.25, -0.2) is 15.0 Å². The van der Waals surface area contributed by atoms with Gasteiger partial charge in [0.25, 0.3) is 0 Å². The lowest BCUT2D eigenvalue weighted by atomic mass is 10.3. The summed E-state index contributed by atoms with van der Waals surface area (Å²) in [5.74, 6) is 1.80. The Labute approximate surface area is 131 Å². The van der Waals surface area contributed by atoms with Crippen molar-refractivity contribution in [1.82, 2.24) is 15.0 Å². The van der Waals surface area contributed by atoms with Crippen molar-refractivity contribution in [2.24, 2.45) is 0 Å². The standard InChI is InChI=1S/C15H15N5OS/c1-2-13(20-4-6-21-7-5-20)16-9-11(1)19-14-12-3-8-22-15(12)18-10-17-14/h1-3,8-10H,4-7H2,(H,17,18,19). The molecule has 1 N–H and O–H groups in total. The van der Waals surface area contributed by atoms with Gasteiger partial charge in [0.2, 0.25) is 0 Å². The van der Waals surface area contributed by atoms with Crippen molar-refractivity contribution < 1.29 is 4.74 Å². The van der Waals surface area contributed by atoms with Gasteiger partial charge in [0.15, 0.2) is 0 Å². The van der Waals surface area contributed by atoms with E-state index in [0.717, 1.165) is 53.8 Å². The summed E-state index contributed by atoms with van der Waals surface area (Å²) in [5, 5.41) is 6.36. The molecule has 1 aliphatic rings. The molecular weight excluding hydrogens is 298 g/mol. The van der Waals surface area contributed by atoms with Gasteiger partial charge in [-0.15, -0.1) is 11.3 Å². The predicted octanol–water partition coefficient (Wildman–Crippen LogP) is 2.67. The van der Waals surface area contributed by atoms with Crippen molar-refractivity contribution in [3.05, 3.63) is 36.1 Å². The number of hydrogen-bond acceptors (Lipinski definition) is 7. The summed E-state index contributed by atoms with van der Waals surface area (Å²) in [5.41, 5.74) is 0.920.